The lowest BCUT2D eigenvalue weighted by atomic mass is 10.2. The summed E-state index contributed by atoms with van der Waals surface area (Å²) in [7, 11) is 0. The number of nitro benzene ring substituents is 1. The molecule has 2 aromatic rings. The van der Waals surface area contributed by atoms with Gasteiger partial charge in [-0.25, -0.2) is 0 Å². The largest absolute Gasteiger partial charge is 0.492 e. The molecule has 2 aromatic carbocycles. The summed E-state index contributed by atoms with van der Waals surface area (Å²) in [6.07, 6.45) is 0. The SMILES string of the molecule is Cc1cc(NCCOc2ccccc2)ccc1[N+](=O)[O-]. The van der Waals surface area contributed by atoms with E-state index >= 15 is 0 Å². The van der Waals surface area contributed by atoms with E-state index in [0.29, 0.717) is 18.7 Å². The molecule has 0 amide bonds. The van der Waals surface area contributed by atoms with Crippen LogP contribution >= 0.6 is 0 Å². The van der Waals surface area contributed by atoms with Crippen LogP contribution in [0.5, 0.6) is 5.75 Å². The van der Waals surface area contributed by atoms with Crippen molar-refractivity contribution in [2.45, 2.75) is 6.92 Å². The highest BCUT2D eigenvalue weighted by Gasteiger charge is 2.09. The number of hydrogen-bond donors (Lipinski definition) is 1. The molecule has 0 aromatic heterocycles. The number of rotatable bonds is 6. The van der Waals surface area contributed by atoms with Gasteiger partial charge in [0.1, 0.15) is 12.4 Å². The van der Waals surface area contributed by atoms with Crippen LogP contribution in [0.2, 0.25) is 0 Å². The van der Waals surface area contributed by atoms with E-state index in [9.17, 15) is 10.1 Å². The molecule has 0 radical (unpaired) electrons. The number of benzene rings is 2. The van der Waals surface area contributed by atoms with Gasteiger partial charge >= 0.3 is 0 Å². The van der Waals surface area contributed by atoms with E-state index in [1.165, 1.54) is 6.07 Å². The quantitative estimate of drug-likeness (QED) is 0.497. The van der Waals surface area contributed by atoms with E-state index in [1.807, 2.05) is 30.3 Å². The van der Waals surface area contributed by atoms with E-state index in [0.717, 1.165) is 11.4 Å². The normalized spacial score (nSPS) is 10.1. The minimum atomic E-state index is -0.377. The molecule has 2 rings (SSSR count). The minimum Gasteiger partial charge on any atom is -0.492 e. The summed E-state index contributed by atoms with van der Waals surface area (Å²) in [6, 6.07) is 14.5. The molecule has 20 heavy (non-hydrogen) atoms. The molecule has 0 saturated heterocycles. The molecule has 0 fully saturated rings. The van der Waals surface area contributed by atoms with Crippen molar-refractivity contribution in [2.24, 2.45) is 0 Å². The lowest BCUT2D eigenvalue weighted by molar-refractivity contribution is -0.385. The molecular formula is C15H16N2O3. The van der Waals surface area contributed by atoms with Crippen LogP contribution in [0.15, 0.2) is 48.5 Å². The fourth-order valence-electron chi connectivity index (χ4n) is 1.85. The maximum Gasteiger partial charge on any atom is 0.272 e. The van der Waals surface area contributed by atoms with Crippen LogP contribution in [0.4, 0.5) is 11.4 Å². The summed E-state index contributed by atoms with van der Waals surface area (Å²) in [5.74, 6) is 0.828. The second kappa shape index (κ2) is 6.56. The highest BCUT2D eigenvalue weighted by molar-refractivity contribution is 5.53. The lowest BCUT2D eigenvalue weighted by Crippen LogP contribution is -2.11. The Morgan fingerprint density at radius 3 is 2.60 bits per heavy atom. The number of nitrogens with one attached hydrogen (secondary N) is 1. The second-order valence-corrected chi connectivity index (χ2v) is 4.35. The molecule has 5 heteroatoms. The van der Waals surface area contributed by atoms with Gasteiger partial charge in [-0.1, -0.05) is 18.2 Å². The van der Waals surface area contributed by atoms with E-state index in [1.54, 1.807) is 19.1 Å². The Labute approximate surface area is 117 Å². The third-order valence-electron chi connectivity index (χ3n) is 2.84. The number of para-hydroxylation sites is 1. The Bertz CT molecular complexity index is 585. The summed E-state index contributed by atoms with van der Waals surface area (Å²) in [6.45, 7) is 2.88. The van der Waals surface area contributed by atoms with Gasteiger partial charge in [-0.05, 0) is 31.2 Å². The van der Waals surface area contributed by atoms with Crippen LogP contribution in [0.1, 0.15) is 5.56 Å². The van der Waals surface area contributed by atoms with Crippen molar-refractivity contribution >= 4 is 11.4 Å². The fourth-order valence-corrected chi connectivity index (χ4v) is 1.85. The van der Waals surface area contributed by atoms with E-state index < -0.39 is 0 Å². The number of hydrogen-bond acceptors (Lipinski definition) is 4. The van der Waals surface area contributed by atoms with Crippen LogP contribution in [0, 0.1) is 17.0 Å². The van der Waals surface area contributed by atoms with Gasteiger partial charge in [0.25, 0.3) is 5.69 Å². The minimum absolute atomic E-state index is 0.135. The Morgan fingerprint density at radius 2 is 1.95 bits per heavy atom. The summed E-state index contributed by atoms with van der Waals surface area (Å²) in [5.41, 5.74) is 1.63. The van der Waals surface area contributed by atoms with Gasteiger partial charge in [0.2, 0.25) is 0 Å². The predicted molar refractivity (Wildman–Crippen MR) is 78.3 cm³/mol. The first-order valence-electron chi connectivity index (χ1n) is 6.33. The molecule has 0 bridgehead atoms. The molecule has 1 N–H and O–H groups in total. The first-order valence-corrected chi connectivity index (χ1v) is 6.33. The number of ether oxygens (including phenoxy) is 1. The Kier molecular flexibility index (Phi) is 4.55. The Hall–Kier alpha value is -2.56. The summed E-state index contributed by atoms with van der Waals surface area (Å²) < 4.78 is 5.55. The Balaban J connectivity index is 1.83. The predicted octanol–water partition coefficient (Wildman–Crippen LogP) is 3.39. The Morgan fingerprint density at radius 1 is 1.20 bits per heavy atom. The van der Waals surface area contributed by atoms with Crippen molar-refractivity contribution in [3.8, 4) is 5.75 Å². The van der Waals surface area contributed by atoms with Crippen molar-refractivity contribution in [3.05, 3.63) is 64.2 Å². The van der Waals surface area contributed by atoms with Crippen molar-refractivity contribution in [3.63, 3.8) is 0 Å². The van der Waals surface area contributed by atoms with Crippen LogP contribution in [-0.2, 0) is 0 Å². The topological polar surface area (TPSA) is 64.4 Å². The molecule has 0 aliphatic rings. The monoisotopic (exact) mass is 272 g/mol. The maximum absolute atomic E-state index is 10.7. The third kappa shape index (κ3) is 3.71. The average Bonchev–Trinajstić information content (AvgIpc) is 2.44. The molecule has 0 heterocycles. The second-order valence-electron chi connectivity index (χ2n) is 4.35. The lowest BCUT2D eigenvalue weighted by Gasteiger charge is -2.09. The zero-order chi connectivity index (χ0) is 14.4. The van der Waals surface area contributed by atoms with Crippen LogP contribution < -0.4 is 10.1 Å². The maximum atomic E-state index is 10.7. The molecule has 0 aliphatic carbocycles. The van der Waals surface area contributed by atoms with Crippen LogP contribution in [0.3, 0.4) is 0 Å². The summed E-state index contributed by atoms with van der Waals surface area (Å²) in [5, 5.41) is 13.9. The third-order valence-corrected chi connectivity index (χ3v) is 2.84. The molecule has 104 valence electrons. The number of nitro groups is 1. The highest BCUT2D eigenvalue weighted by Crippen LogP contribution is 2.21. The first kappa shape index (κ1) is 13.9. The molecule has 0 unspecified atom stereocenters. The van der Waals surface area contributed by atoms with Gasteiger partial charge in [-0.15, -0.1) is 0 Å². The van der Waals surface area contributed by atoms with Gasteiger partial charge in [0.15, 0.2) is 0 Å². The van der Waals surface area contributed by atoms with E-state index in [-0.39, 0.29) is 10.6 Å². The highest BCUT2D eigenvalue weighted by atomic mass is 16.6. The van der Waals surface area contributed by atoms with Crippen LogP contribution in [-0.4, -0.2) is 18.1 Å². The molecule has 0 saturated carbocycles. The summed E-state index contributed by atoms with van der Waals surface area (Å²) >= 11 is 0. The van der Waals surface area contributed by atoms with Crippen LogP contribution in [0.25, 0.3) is 0 Å². The first-order chi connectivity index (χ1) is 9.66. The number of anilines is 1. The number of nitrogens with zero attached hydrogens (tertiary/aromatic N) is 1. The number of aryl methyl sites for hydroxylation is 1. The molecule has 0 spiro atoms. The average molecular weight is 272 g/mol. The van der Waals surface area contributed by atoms with Gasteiger partial charge in [0.05, 0.1) is 4.92 Å². The van der Waals surface area contributed by atoms with Gasteiger partial charge in [-0.2, -0.15) is 0 Å². The zero-order valence-electron chi connectivity index (χ0n) is 11.2. The van der Waals surface area contributed by atoms with Gasteiger partial charge in [0, 0.05) is 23.9 Å². The van der Waals surface area contributed by atoms with E-state index in [4.69, 9.17) is 4.74 Å². The molecule has 0 atom stereocenters. The standard InChI is InChI=1S/C15H16N2O3/c1-12-11-13(7-8-15(12)17(18)19)16-9-10-20-14-5-3-2-4-6-14/h2-8,11,16H,9-10H2,1H3. The summed E-state index contributed by atoms with van der Waals surface area (Å²) in [4.78, 5) is 10.3. The van der Waals surface area contributed by atoms with E-state index in [2.05, 4.69) is 5.32 Å². The van der Waals surface area contributed by atoms with Crippen molar-refractivity contribution in [2.75, 3.05) is 18.5 Å². The molecule has 5 nitrogen and oxygen atoms in total. The fraction of sp³-hybridized carbons (Fsp3) is 0.200. The molecular weight excluding hydrogens is 256 g/mol. The zero-order valence-corrected chi connectivity index (χ0v) is 11.2. The molecule has 0 aliphatic heterocycles. The smallest absolute Gasteiger partial charge is 0.272 e. The van der Waals surface area contributed by atoms with Gasteiger partial charge < -0.3 is 10.1 Å². The van der Waals surface area contributed by atoms with Crippen molar-refractivity contribution < 1.29 is 9.66 Å². The van der Waals surface area contributed by atoms with Gasteiger partial charge in [-0.3, -0.25) is 10.1 Å². The van der Waals surface area contributed by atoms with Crippen molar-refractivity contribution in [1.29, 1.82) is 0 Å². The van der Waals surface area contributed by atoms with Crippen molar-refractivity contribution in [1.82, 2.24) is 0 Å².